The highest BCUT2D eigenvalue weighted by molar-refractivity contribution is 5.08. The molecule has 1 nitrogen and oxygen atoms in total. The third-order valence-electron chi connectivity index (χ3n) is 2.12. The van der Waals surface area contributed by atoms with Gasteiger partial charge in [-0.05, 0) is 19.3 Å². The van der Waals surface area contributed by atoms with Gasteiger partial charge in [0.2, 0.25) is 0 Å². The van der Waals surface area contributed by atoms with Crippen LogP contribution in [0, 0.1) is 5.92 Å². The van der Waals surface area contributed by atoms with Crippen LogP contribution in [0.25, 0.3) is 0 Å². The summed E-state index contributed by atoms with van der Waals surface area (Å²) in [6.07, 6.45) is 1.000. The van der Waals surface area contributed by atoms with E-state index in [1.807, 2.05) is 0 Å². The Hall–Kier alpha value is -0.720. The van der Waals surface area contributed by atoms with Crippen LogP contribution in [0.15, 0.2) is 24.6 Å². The minimum absolute atomic E-state index is 0.508. The summed E-state index contributed by atoms with van der Waals surface area (Å²) in [6.45, 7) is 17.6. The van der Waals surface area contributed by atoms with E-state index < -0.39 is 0 Å². The first-order chi connectivity index (χ1) is 5.54. The van der Waals surface area contributed by atoms with Gasteiger partial charge in [-0.3, -0.25) is 0 Å². The summed E-state index contributed by atoms with van der Waals surface area (Å²) >= 11 is 0. The fourth-order valence-electron chi connectivity index (χ4n) is 1.13. The summed E-state index contributed by atoms with van der Waals surface area (Å²) in [4.78, 5) is 2.20. The number of allylic oxidation sites excluding steroid dienone is 2. The third-order valence-corrected chi connectivity index (χ3v) is 2.12. The first-order valence-electron chi connectivity index (χ1n) is 4.68. The van der Waals surface area contributed by atoms with Gasteiger partial charge in [0.05, 0.1) is 0 Å². The molecule has 0 rings (SSSR count). The van der Waals surface area contributed by atoms with E-state index in [-0.39, 0.29) is 0 Å². The smallest absolute Gasteiger partial charge is 0.0196 e. The topological polar surface area (TPSA) is 3.24 Å². The second-order valence-electron chi connectivity index (χ2n) is 3.31. The summed E-state index contributed by atoms with van der Waals surface area (Å²) in [7, 11) is 0. The zero-order valence-electron chi connectivity index (χ0n) is 8.85. The average molecular weight is 167 g/mol. The molecule has 0 heterocycles. The van der Waals surface area contributed by atoms with Gasteiger partial charge in [0.25, 0.3) is 0 Å². The molecule has 0 radical (unpaired) electrons. The number of rotatable bonds is 5. The summed E-state index contributed by atoms with van der Waals surface area (Å²) < 4.78 is 0. The van der Waals surface area contributed by atoms with Gasteiger partial charge < -0.3 is 4.90 Å². The molecule has 0 spiro atoms. The monoisotopic (exact) mass is 167 g/mol. The van der Waals surface area contributed by atoms with Gasteiger partial charge in [-0.15, -0.1) is 0 Å². The molecule has 1 heteroatoms. The van der Waals surface area contributed by atoms with Crippen molar-refractivity contribution in [3.8, 4) is 0 Å². The minimum Gasteiger partial charge on any atom is -0.350 e. The first kappa shape index (κ1) is 11.3. The first-order valence-corrected chi connectivity index (χ1v) is 4.68. The Morgan fingerprint density at radius 3 is 2.00 bits per heavy atom. The highest BCUT2D eigenvalue weighted by atomic mass is 15.1. The van der Waals surface area contributed by atoms with Crippen LogP contribution in [-0.2, 0) is 0 Å². The Morgan fingerprint density at radius 2 is 1.75 bits per heavy atom. The van der Waals surface area contributed by atoms with Crippen LogP contribution < -0.4 is 0 Å². The quantitative estimate of drug-likeness (QED) is 0.606. The van der Waals surface area contributed by atoms with Crippen LogP contribution in [0.1, 0.15) is 34.1 Å². The van der Waals surface area contributed by atoms with E-state index in [1.165, 1.54) is 5.70 Å². The van der Waals surface area contributed by atoms with Crippen molar-refractivity contribution in [2.75, 3.05) is 6.54 Å². The lowest BCUT2D eigenvalue weighted by molar-refractivity contribution is 0.394. The molecule has 0 amide bonds. The number of hydrogen-bond acceptors (Lipinski definition) is 1. The van der Waals surface area contributed by atoms with Crippen molar-refractivity contribution in [1.82, 2.24) is 4.90 Å². The highest BCUT2D eigenvalue weighted by Crippen LogP contribution is 2.18. The Bertz CT molecular complexity index is 168. The number of hydrogen-bond donors (Lipinski definition) is 0. The third kappa shape index (κ3) is 2.72. The second-order valence-corrected chi connectivity index (χ2v) is 3.31. The van der Waals surface area contributed by atoms with E-state index in [1.54, 1.807) is 0 Å². The molecule has 0 fully saturated rings. The molecule has 0 aromatic rings. The van der Waals surface area contributed by atoms with Crippen LogP contribution in [0.5, 0.6) is 0 Å². The molecule has 70 valence electrons. The zero-order valence-corrected chi connectivity index (χ0v) is 8.85. The van der Waals surface area contributed by atoms with E-state index in [9.17, 15) is 0 Å². The maximum atomic E-state index is 4.06. The fourth-order valence-corrected chi connectivity index (χ4v) is 1.13. The normalized spacial score (nSPS) is 10.1. The van der Waals surface area contributed by atoms with Gasteiger partial charge in [-0.1, -0.05) is 33.9 Å². The van der Waals surface area contributed by atoms with Crippen molar-refractivity contribution in [1.29, 1.82) is 0 Å². The van der Waals surface area contributed by atoms with Crippen LogP contribution in [0.4, 0.5) is 0 Å². The van der Waals surface area contributed by atoms with Gasteiger partial charge in [0.1, 0.15) is 0 Å². The van der Waals surface area contributed by atoms with E-state index in [4.69, 9.17) is 0 Å². The van der Waals surface area contributed by atoms with Gasteiger partial charge >= 0.3 is 0 Å². The van der Waals surface area contributed by atoms with Crippen molar-refractivity contribution in [2.24, 2.45) is 5.92 Å². The average Bonchev–Trinajstić information content (AvgIpc) is 2.05. The largest absolute Gasteiger partial charge is 0.350 e. The van der Waals surface area contributed by atoms with Crippen LogP contribution >= 0.6 is 0 Å². The van der Waals surface area contributed by atoms with Crippen molar-refractivity contribution < 1.29 is 0 Å². The standard InChI is InChI=1S/C11H21N/c1-7-10(5)12(8-2)11(6)9(3)4/h9H,5-8H2,1-4H3. The molecule has 0 aromatic heterocycles. The van der Waals surface area contributed by atoms with Gasteiger partial charge in [0.15, 0.2) is 0 Å². The van der Waals surface area contributed by atoms with Gasteiger partial charge in [0, 0.05) is 17.9 Å². The minimum atomic E-state index is 0.508. The highest BCUT2D eigenvalue weighted by Gasteiger charge is 2.10. The lowest BCUT2D eigenvalue weighted by atomic mass is 10.1. The van der Waals surface area contributed by atoms with E-state index >= 15 is 0 Å². The summed E-state index contributed by atoms with van der Waals surface area (Å²) in [6, 6.07) is 0. The molecule has 0 atom stereocenters. The lowest BCUT2D eigenvalue weighted by Gasteiger charge is -2.29. The molecule has 0 aliphatic rings. The van der Waals surface area contributed by atoms with E-state index in [0.717, 1.165) is 18.7 Å². The SMILES string of the molecule is C=C(CC)N(CC)C(=C)C(C)C. The Balaban J connectivity index is 4.34. The van der Waals surface area contributed by atoms with Crippen LogP contribution in [0.2, 0.25) is 0 Å². The maximum absolute atomic E-state index is 4.06. The predicted octanol–water partition coefficient (Wildman–Crippen LogP) is 3.40. The van der Waals surface area contributed by atoms with Crippen LogP contribution in [-0.4, -0.2) is 11.4 Å². The number of nitrogens with zero attached hydrogens (tertiary/aromatic N) is 1. The Kier molecular flexibility index (Phi) is 4.72. The van der Waals surface area contributed by atoms with E-state index in [0.29, 0.717) is 5.92 Å². The molecular weight excluding hydrogens is 146 g/mol. The van der Waals surface area contributed by atoms with Crippen molar-refractivity contribution in [3.63, 3.8) is 0 Å². The maximum Gasteiger partial charge on any atom is 0.0196 e. The molecule has 0 saturated carbocycles. The Labute approximate surface area is 76.8 Å². The second kappa shape index (κ2) is 5.02. The summed E-state index contributed by atoms with van der Waals surface area (Å²) in [5, 5.41) is 0. The molecule has 0 saturated heterocycles. The molecule has 0 bridgehead atoms. The van der Waals surface area contributed by atoms with Crippen molar-refractivity contribution >= 4 is 0 Å². The predicted molar refractivity (Wildman–Crippen MR) is 55.8 cm³/mol. The molecule has 0 aliphatic carbocycles. The summed E-state index contributed by atoms with van der Waals surface area (Å²) in [5.74, 6) is 0.508. The van der Waals surface area contributed by atoms with Gasteiger partial charge in [-0.25, -0.2) is 0 Å². The lowest BCUT2D eigenvalue weighted by Crippen LogP contribution is -2.23. The van der Waals surface area contributed by atoms with E-state index in [2.05, 4.69) is 45.8 Å². The molecular formula is C11H21N. The molecule has 0 unspecified atom stereocenters. The molecule has 12 heavy (non-hydrogen) atoms. The molecule has 0 aliphatic heterocycles. The molecule has 0 aromatic carbocycles. The summed E-state index contributed by atoms with van der Waals surface area (Å²) in [5.41, 5.74) is 2.33. The van der Waals surface area contributed by atoms with Crippen molar-refractivity contribution in [2.45, 2.75) is 34.1 Å². The van der Waals surface area contributed by atoms with Crippen molar-refractivity contribution in [3.05, 3.63) is 24.6 Å². The molecule has 0 N–H and O–H groups in total. The Morgan fingerprint density at radius 1 is 1.25 bits per heavy atom. The van der Waals surface area contributed by atoms with Gasteiger partial charge in [-0.2, -0.15) is 0 Å². The fraction of sp³-hybridized carbons (Fsp3) is 0.636. The zero-order chi connectivity index (χ0) is 9.72. The van der Waals surface area contributed by atoms with Crippen LogP contribution in [0.3, 0.4) is 0 Å².